The highest BCUT2D eigenvalue weighted by Crippen LogP contribution is 2.44. The van der Waals surface area contributed by atoms with Gasteiger partial charge in [0.2, 0.25) is 12.6 Å². The zero-order valence-corrected chi connectivity index (χ0v) is 48.1. The Kier molecular flexibility index (Phi) is 23.3. The first-order valence-corrected chi connectivity index (χ1v) is 27.8. The van der Waals surface area contributed by atoms with E-state index in [-0.39, 0.29) is 24.6 Å². The summed E-state index contributed by atoms with van der Waals surface area (Å²) in [5.41, 5.74) is 10.8. The lowest BCUT2D eigenvalue weighted by Gasteiger charge is -2.38. The van der Waals surface area contributed by atoms with Crippen LogP contribution in [0.15, 0.2) is 230 Å². The lowest BCUT2D eigenvalue weighted by atomic mass is 9.76. The molecular formula is C70H70F4N6O4. The van der Waals surface area contributed by atoms with Gasteiger partial charge in [0.15, 0.2) is 11.5 Å². The minimum absolute atomic E-state index is 0.171. The molecule has 10 nitrogen and oxygen atoms in total. The predicted octanol–water partition coefficient (Wildman–Crippen LogP) is 15.3. The molecule has 0 atom stereocenters. The molecule has 84 heavy (non-hydrogen) atoms. The number of aromatic nitrogens is 3. The van der Waals surface area contributed by atoms with E-state index in [1.54, 1.807) is 105 Å². The second-order valence-corrected chi connectivity index (χ2v) is 19.0. The van der Waals surface area contributed by atoms with Crippen molar-refractivity contribution in [2.24, 2.45) is 10.7 Å². The summed E-state index contributed by atoms with van der Waals surface area (Å²) in [7, 11) is 0. The molecule has 9 aromatic rings. The van der Waals surface area contributed by atoms with Crippen molar-refractivity contribution in [3.05, 3.63) is 287 Å². The second kappa shape index (κ2) is 31.1. The number of aliphatic imine (C=N–C) groups is 1. The molecule has 0 aliphatic heterocycles. The zero-order valence-electron chi connectivity index (χ0n) is 48.1. The Bertz CT molecular complexity index is 3280. The van der Waals surface area contributed by atoms with Crippen LogP contribution in [0.4, 0.5) is 23.2 Å². The fourth-order valence-corrected chi connectivity index (χ4v) is 9.31. The Morgan fingerprint density at radius 2 is 0.952 bits per heavy atom. The number of alkyl halides is 3. The highest BCUT2D eigenvalue weighted by Gasteiger charge is 2.43. The molecule has 0 radical (unpaired) electrons. The van der Waals surface area contributed by atoms with Gasteiger partial charge in [-0.15, -0.1) is 0 Å². The lowest BCUT2D eigenvalue weighted by Crippen LogP contribution is -2.38. The number of nitrogens with one attached hydrogen (secondary N) is 1. The van der Waals surface area contributed by atoms with E-state index in [0.29, 0.717) is 47.7 Å². The first-order chi connectivity index (χ1) is 40.8. The van der Waals surface area contributed by atoms with Crippen molar-refractivity contribution in [2.45, 2.75) is 77.9 Å². The first kappa shape index (κ1) is 62.9. The van der Waals surface area contributed by atoms with Crippen LogP contribution in [-0.4, -0.2) is 59.6 Å². The van der Waals surface area contributed by atoms with E-state index >= 15 is 4.39 Å². The van der Waals surface area contributed by atoms with Crippen LogP contribution in [-0.2, 0) is 36.6 Å². The fourth-order valence-electron chi connectivity index (χ4n) is 9.31. The van der Waals surface area contributed by atoms with Gasteiger partial charge in [0.1, 0.15) is 16.8 Å². The van der Waals surface area contributed by atoms with E-state index in [4.69, 9.17) is 29.7 Å². The molecule has 9 rings (SSSR count). The van der Waals surface area contributed by atoms with Gasteiger partial charge < -0.3 is 30.0 Å². The third-order valence-corrected chi connectivity index (χ3v) is 13.3. The van der Waals surface area contributed by atoms with Crippen LogP contribution < -0.4 is 11.1 Å². The zero-order chi connectivity index (χ0) is 59.8. The Morgan fingerprint density at radius 3 is 1.31 bits per heavy atom. The molecule has 0 bridgehead atoms. The van der Waals surface area contributed by atoms with Crippen LogP contribution in [0.25, 0.3) is 11.3 Å². The van der Waals surface area contributed by atoms with Crippen LogP contribution >= 0.6 is 0 Å². The maximum Gasteiger partial charge on any atom is 0.441 e. The number of benzene rings is 6. The van der Waals surface area contributed by atoms with Crippen LogP contribution in [0.2, 0.25) is 0 Å². The Morgan fingerprint density at radius 1 is 0.548 bits per heavy atom. The summed E-state index contributed by atoms with van der Waals surface area (Å²) in [6.45, 7) is 13.0. The molecule has 0 aliphatic carbocycles. The second-order valence-electron chi connectivity index (χ2n) is 19.0. The lowest BCUT2D eigenvalue weighted by molar-refractivity contribution is -0.142. The Labute approximate surface area is 490 Å². The average Bonchev–Trinajstić information content (AvgIpc) is 3.30. The van der Waals surface area contributed by atoms with Gasteiger partial charge in [0, 0.05) is 62.3 Å². The smallest absolute Gasteiger partial charge is 0.365 e. The quantitative estimate of drug-likeness (QED) is 0.0252. The Hall–Kier alpha value is -8.68. The largest absolute Gasteiger partial charge is 0.441 e. The normalized spacial score (nSPS) is 11.7. The van der Waals surface area contributed by atoms with Crippen molar-refractivity contribution < 1.29 is 36.5 Å². The van der Waals surface area contributed by atoms with E-state index in [0.717, 1.165) is 33.6 Å². The molecule has 3 aromatic heterocycles. The van der Waals surface area contributed by atoms with Gasteiger partial charge in [-0.1, -0.05) is 188 Å². The van der Waals surface area contributed by atoms with Crippen LogP contribution in [0.5, 0.6) is 0 Å². The first-order valence-electron chi connectivity index (χ1n) is 27.8. The van der Waals surface area contributed by atoms with E-state index in [2.05, 4.69) is 68.5 Å². The van der Waals surface area contributed by atoms with Crippen LogP contribution in [0.3, 0.4) is 0 Å². The molecule has 0 fully saturated rings. The summed E-state index contributed by atoms with van der Waals surface area (Å²) >= 11 is 0. The van der Waals surface area contributed by atoms with Crippen molar-refractivity contribution in [3.63, 3.8) is 0 Å². The summed E-state index contributed by atoms with van der Waals surface area (Å²) < 4.78 is 82.1. The maximum absolute atomic E-state index is 16.7. The van der Waals surface area contributed by atoms with E-state index in [1.165, 1.54) is 0 Å². The molecule has 0 amide bonds. The molecule has 14 heteroatoms. The molecule has 3 N–H and O–H groups in total. The van der Waals surface area contributed by atoms with Gasteiger partial charge in [-0.2, -0.15) is 13.2 Å². The number of ether oxygens (including phenoxy) is 4. The SMILES string of the molecule is CCOC(C#CC(=NC(c1ccccc1)(c1ccccc1)c1ccccc1)C(F)(F)F)OCC.CCOC(OCC)c1cc(NC(c2ccccc2)(c2ccccc2)c2ccccc2)c(F)c(-c2ccc(C)nc2)n1.Cc1ccc(CN)cn1. The van der Waals surface area contributed by atoms with Crippen molar-refractivity contribution in [1.82, 2.24) is 15.0 Å². The van der Waals surface area contributed by atoms with E-state index < -0.39 is 41.4 Å². The van der Waals surface area contributed by atoms with Gasteiger partial charge >= 0.3 is 6.18 Å². The standard InChI is InChI=1S/C35H34FN3O2.C28H26F3NO2.C7H10N2/c1-4-40-34(41-5-2)31-23-30(32(36)33(38-31)26-22-21-25(3)37-24-26)39-35(27-15-9-6-10-16-27,28-17-11-7-12-18-28)29-19-13-8-14-20-29;1-3-33-26(34-4-2)21-20-25(28(29,30)31)32-27(22-14-8-5-9-15-22,23-16-10-6-11-17-23)24-18-12-7-13-19-24;1-6-2-3-7(4-8)5-9-6/h6-24,34H,4-5H2,1-3H3,(H,38,39);5-19,26H,3-4H2,1-2H3;2-3,5H,4,8H2,1H3. The van der Waals surface area contributed by atoms with Gasteiger partial charge in [-0.05, 0) is 117 Å². The summed E-state index contributed by atoms with van der Waals surface area (Å²) in [4.78, 5) is 17.6. The third kappa shape index (κ3) is 16.1. The highest BCUT2D eigenvalue weighted by molar-refractivity contribution is 6.05. The van der Waals surface area contributed by atoms with Gasteiger partial charge in [0.25, 0.3) is 0 Å². The highest BCUT2D eigenvalue weighted by atomic mass is 19.4. The van der Waals surface area contributed by atoms with Crippen molar-refractivity contribution in [2.75, 3.05) is 31.7 Å². The van der Waals surface area contributed by atoms with Gasteiger partial charge in [0.05, 0.1) is 11.4 Å². The molecule has 0 unspecified atom stereocenters. The molecule has 6 aromatic carbocycles. The number of pyridine rings is 3. The minimum Gasteiger partial charge on any atom is -0.365 e. The van der Waals surface area contributed by atoms with Gasteiger partial charge in [-0.25, -0.2) is 9.37 Å². The van der Waals surface area contributed by atoms with Crippen LogP contribution in [0, 0.1) is 31.5 Å². The summed E-state index contributed by atoms with van der Waals surface area (Å²) in [5, 5.41) is 3.66. The molecule has 3 heterocycles. The fraction of sp³-hybridized carbons (Fsp3) is 0.229. The molecule has 0 aliphatic rings. The van der Waals surface area contributed by atoms with E-state index in [1.807, 2.05) is 125 Å². The molecule has 0 saturated heterocycles. The van der Waals surface area contributed by atoms with E-state index in [9.17, 15) is 13.2 Å². The number of nitrogens with zero attached hydrogens (tertiary/aromatic N) is 4. The average molecular weight is 1140 g/mol. The van der Waals surface area contributed by atoms with Crippen molar-refractivity contribution in [1.29, 1.82) is 0 Å². The molecular weight excluding hydrogens is 1060 g/mol. The number of nitrogens with two attached hydrogens (primary N) is 1. The van der Waals surface area contributed by atoms with Gasteiger partial charge in [-0.3, -0.25) is 15.0 Å². The number of rotatable bonds is 20. The molecule has 0 saturated carbocycles. The number of anilines is 1. The monoisotopic (exact) mass is 1130 g/mol. The Balaban J connectivity index is 0.000000212. The number of hydrogen-bond acceptors (Lipinski definition) is 10. The minimum atomic E-state index is -4.79. The molecule has 432 valence electrons. The summed E-state index contributed by atoms with van der Waals surface area (Å²) in [5.74, 6) is 4.19. The number of aryl methyl sites for hydroxylation is 2. The van der Waals surface area contributed by atoms with Crippen molar-refractivity contribution >= 4 is 11.4 Å². The third-order valence-electron chi connectivity index (χ3n) is 13.3. The summed E-state index contributed by atoms with van der Waals surface area (Å²) in [6.07, 6.45) is -3.19. The number of halogens is 4. The maximum atomic E-state index is 16.7. The molecule has 0 spiro atoms. The predicted molar refractivity (Wildman–Crippen MR) is 325 cm³/mol. The number of hydrogen-bond donors (Lipinski definition) is 2. The van der Waals surface area contributed by atoms with Crippen LogP contribution in [0.1, 0.15) is 90.0 Å². The summed E-state index contributed by atoms with van der Waals surface area (Å²) in [6, 6.07) is 66.3. The van der Waals surface area contributed by atoms with Crippen molar-refractivity contribution in [3.8, 4) is 23.1 Å². The topological polar surface area (TPSA) is 126 Å².